The first-order valence-electron chi connectivity index (χ1n) is 5.78. The molecule has 0 aliphatic heterocycles. The summed E-state index contributed by atoms with van der Waals surface area (Å²) in [6, 6.07) is 1.94. The van der Waals surface area contributed by atoms with Crippen molar-refractivity contribution in [3.8, 4) is 5.95 Å². The van der Waals surface area contributed by atoms with Crippen LogP contribution in [-0.4, -0.2) is 30.6 Å². The Morgan fingerprint density at radius 2 is 2.06 bits per heavy atom. The minimum atomic E-state index is -0.0966. The van der Waals surface area contributed by atoms with E-state index in [1.165, 1.54) is 0 Å². The lowest BCUT2D eigenvalue weighted by molar-refractivity contribution is -0.116. The molecule has 2 aromatic heterocycles. The highest BCUT2D eigenvalue weighted by molar-refractivity contribution is 5.83. The molecule has 7 nitrogen and oxygen atoms in total. The third kappa shape index (κ3) is 2.11. The Morgan fingerprint density at radius 3 is 2.61 bits per heavy atom. The molecule has 1 N–H and O–H groups in total. The summed E-state index contributed by atoms with van der Waals surface area (Å²) in [5, 5.41) is 12.3. The summed E-state index contributed by atoms with van der Waals surface area (Å²) >= 11 is 0. The summed E-state index contributed by atoms with van der Waals surface area (Å²) in [4.78, 5) is 11.5. The van der Waals surface area contributed by atoms with E-state index in [-0.39, 0.29) is 5.91 Å². The van der Waals surface area contributed by atoms with Crippen molar-refractivity contribution in [2.45, 2.75) is 34.1 Å². The molecular formula is C11H16N6O. The maximum Gasteiger partial charge on any atom is 0.271 e. The molecule has 0 bridgehead atoms. The van der Waals surface area contributed by atoms with Gasteiger partial charge in [-0.2, -0.15) is 5.10 Å². The van der Waals surface area contributed by atoms with Gasteiger partial charge in [-0.05, 0) is 26.8 Å². The third-order valence-electron chi connectivity index (χ3n) is 2.56. The topological polar surface area (TPSA) is 77.6 Å². The van der Waals surface area contributed by atoms with E-state index in [4.69, 9.17) is 0 Å². The molecule has 0 atom stereocenters. The van der Waals surface area contributed by atoms with Crippen molar-refractivity contribution < 1.29 is 4.79 Å². The molecule has 0 saturated heterocycles. The summed E-state index contributed by atoms with van der Waals surface area (Å²) in [5.74, 6) is 1.000. The number of aromatic nitrogens is 5. The highest BCUT2D eigenvalue weighted by atomic mass is 16.2. The van der Waals surface area contributed by atoms with Gasteiger partial charge in [-0.15, -0.1) is 10.2 Å². The molecular weight excluding hydrogens is 232 g/mol. The molecule has 7 heteroatoms. The van der Waals surface area contributed by atoms with Crippen LogP contribution in [0.5, 0.6) is 0 Å². The second kappa shape index (κ2) is 4.59. The first kappa shape index (κ1) is 12.3. The number of hydrogen-bond acceptors (Lipinski definition) is 4. The first-order valence-corrected chi connectivity index (χ1v) is 5.78. The van der Waals surface area contributed by atoms with E-state index < -0.39 is 0 Å². The van der Waals surface area contributed by atoms with Crippen LogP contribution < -0.4 is 5.43 Å². The van der Waals surface area contributed by atoms with Gasteiger partial charge in [0.1, 0.15) is 0 Å². The monoisotopic (exact) mass is 248 g/mol. The van der Waals surface area contributed by atoms with Crippen molar-refractivity contribution in [3.63, 3.8) is 0 Å². The van der Waals surface area contributed by atoms with Gasteiger partial charge >= 0.3 is 0 Å². The van der Waals surface area contributed by atoms with Crippen molar-refractivity contribution >= 4 is 5.91 Å². The van der Waals surface area contributed by atoms with E-state index in [9.17, 15) is 4.79 Å². The molecule has 96 valence electrons. The number of hydrogen-bond donors (Lipinski definition) is 1. The lowest BCUT2D eigenvalue weighted by Gasteiger charge is -2.09. The van der Waals surface area contributed by atoms with Crippen LogP contribution in [0.4, 0.5) is 0 Å². The second-order valence-electron chi connectivity index (χ2n) is 4.11. The molecule has 0 aromatic carbocycles. The molecule has 0 radical (unpaired) electrons. The Morgan fingerprint density at radius 1 is 1.33 bits per heavy atom. The fourth-order valence-electron chi connectivity index (χ4n) is 1.65. The number of carbonyl (C=O) groups is 1. The summed E-state index contributed by atoms with van der Waals surface area (Å²) in [6.45, 7) is 7.40. The Balaban J connectivity index is 2.46. The number of nitrogens with zero attached hydrogens (tertiary/aromatic N) is 5. The summed E-state index contributed by atoms with van der Waals surface area (Å²) < 4.78 is 3.20. The summed E-state index contributed by atoms with van der Waals surface area (Å²) in [5.41, 5.74) is 4.56. The van der Waals surface area contributed by atoms with E-state index in [2.05, 4.69) is 20.7 Å². The Kier molecular flexibility index (Phi) is 3.14. The van der Waals surface area contributed by atoms with Crippen molar-refractivity contribution in [1.82, 2.24) is 24.7 Å². The van der Waals surface area contributed by atoms with Gasteiger partial charge in [0.25, 0.3) is 5.95 Å². The van der Waals surface area contributed by atoms with Crippen molar-refractivity contribution in [1.29, 1.82) is 0 Å². The van der Waals surface area contributed by atoms with Crippen molar-refractivity contribution in [3.05, 3.63) is 23.3 Å². The molecule has 0 aliphatic rings. The zero-order valence-electron chi connectivity index (χ0n) is 10.9. The lowest BCUT2D eigenvalue weighted by Crippen LogP contribution is -2.26. The Labute approximate surface area is 105 Å². The molecule has 1 amide bonds. The standard InChI is InChI=1S/C11H16N6O/c1-5-10(18)15-17-9(4)12-13-11(17)16-8(3)6-7(2)14-16/h6H,5H2,1-4H3,(H,15,18). The highest BCUT2D eigenvalue weighted by Crippen LogP contribution is 2.10. The zero-order chi connectivity index (χ0) is 13.3. The number of aryl methyl sites for hydroxylation is 3. The van der Waals surface area contributed by atoms with Gasteiger partial charge in [0.15, 0.2) is 5.82 Å². The van der Waals surface area contributed by atoms with Crippen LogP contribution >= 0.6 is 0 Å². The van der Waals surface area contributed by atoms with Crippen LogP contribution in [0, 0.1) is 20.8 Å². The minimum Gasteiger partial charge on any atom is -0.273 e. The van der Waals surface area contributed by atoms with Gasteiger partial charge < -0.3 is 0 Å². The highest BCUT2D eigenvalue weighted by Gasteiger charge is 2.15. The molecule has 2 heterocycles. The zero-order valence-corrected chi connectivity index (χ0v) is 10.9. The van der Waals surface area contributed by atoms with Crippen LogP contribution in [-0.2, 0) is 4.79 Å². The number of amides is 1. The minimum absolute atomic E-state index is 0.0966. The second-order valence-corrected chi connectivity index (χ2v) is 4.11. The van der Waals surface area contributed by atoms with Crippen LogP contribution in [0.1, 0.15) is 30.6 Å². The molecule has 2 rings (SSSR count). The van der Waals surface area contributed by atoms with E-state index >= 15 is 0 Å². The first-order chi connectivity index (χ1) is 8.52. The molecule has 0 aliphatic carbocycles. The lowest BCUT2D eigenvalue weighted by atomic mass is 10.4. The summed E-state index contributed by atoms with van der Waals surface area (Å²) in [6.07, 6.45) is 0.397. The quantitative estimate of drug-likeness (QED) is 0.874. The molecule has 18 heavy (non-hydrogen) atoms. The van der Waals surface area contributed by atoms with E-state index in [1.807, 2.05) is 19.9 Å². The smallest absolute Gasteiger partial charge is 0.271 e. The van der Waals surface area contributed by atoms with Crippen LogP contribution in [0.3, 0.4) is 0 Å². The predicted octanol–water partition coefficient (Wildman–Crippen LogP) is 0.869. The van der Waals surface area contributed by atoms with Crippen LogP contribution in [0.2, 0.25) is 0 Å². The number of nitrogens with one attached hydrogen (secondary N) is 1. The fourth-order valence-corrected chi connectivity index (χ4v) is 1.65. The SMILES string of the molecule is CCC(=O)Nn1c(C)nnc1-n1nc(C)cc1C. The van der Waals surface area contributed by atoms with Gasteiger partial charge in [-0.3, -0.25) is 10.2 Å². The van der Waals surface area contributed by atoms with Gasteiger partial charge in [0.2, 0.25) is 5.91 Å². The average molecular weight is 248 g/mol. The van der Waals surface area contributed by atoms with Crippen molar-refractivity contribution in [2.75, 3.05) is 5.43 Å². The maximum atomic E-state index is 11.5. The van der Waals surface area contributed by atoms with Crippen LogP contribution in [0.25, 0.3) is 5.95 Å². The number of rotatable bonds is 3. The van der Waals surface area contributed by atoms with Gasteiger partial charge in [-0.25, -0.2) is 9.36 Å². The van der Waals surface area contributed by atoms with Crippen LogP contribution in [0.15, 0.2) is 6.07 Å². The summed E-state index contributed by atoms with van der Waals surface area (Å²) in [7, 11) is 0. The van der Waals surface area contributed by atoms with E-state index in [1.54, 1.807) is 23.2 Å². The molecule has 2 aromatic rings. The molecule has 0 fully saturated rings. The molecule has 0 saturated carbocycles. The molecule has 0 spiro atoms. The van der Waals surface area contributed by atoms with Crippen molar-refractivity contribution in [2.24, 2.45) is 0 Å². The predicted molar refractivity (Wildman–Crippen MR) is 66.0 cm³/mol. The number of carbonyl (C=O) groups excluding carboxylic acids is 1. The normalized spacial score (nSPS) is 10.7. The average Bonchev–Trinajstić information content (AvgIpc) is 2.83. The van der Waals surface area contributed by atoms with Gasteiger partial charge in [0, 0.05) is 12.1 Å². The van der Waals surface area contributed by atoms with E-state index in [0.717, 1.165) is 11.4 Å². The Hall–Kier alpha value is -2.18. The van der Waals surface area contributed by atoms with E-state index in [0.29, 0.717) is 18.2 Å². The van der Waals surface area contributed by atoms with Gasteiger partial charge in [0.05, 0.1) is 5.69 Å². The third-order valence-corrected chi connectivity index (χ3v) is 2.56. The van der Waals surface area contributed by atoms with Gasteiger partial charge in [-0.1, -0.05) is 6.92 Å². The Bertz CT molecular complexity index is 582. The maximum absolute atomic E-state index is 11.5. The largest absolute Gasteiger partial charge is 0.273 e. The fraction of sp³-hybridized carbons (Fsp3) is 0.455. The molecule has 0 unspecified atom stereocenters.